The SMILES string of the molecule is Cc1c(C#N)cccc1NC(C)c1c(N2CCOCC2)oc2ccc(C(=O)N(C)C)cc2c1=O. The molecule has 1 fully saturated rings. The topological polar surface area (TPSA) is 98.8 Å². The first-order chi connectivity index (χ1) is 16.3. The highest BCUT2D eigenvalue weighted by Crippen LogP contribution is 2.32. The number of morpholine rings is 1. The highest BCUT2D eigenvalue weighted by Gasteiger charge is 2.26. The molecule has 2 aromatic carbocycles. The fourth-order valence-electron chi connectivity index (χ4n) is 4.19. The van der Waals surface area contributed by atoms with Gasteiger partial charge in [-0.3, -0.25) is 9.59 Å². The standard InChI is InChI=1S/C26H28N4O4/c1-16-19(15-27)6-5-7-21(16)28-17(2)23-24(31)20-14-18(25(32)29(3)4)8-9-22(20)34-26(23)30-10-12-33-13-11-30/h5-9,14,17,28H,10-13H2,1-4H3. The molecule has 8 nitrogen and oxygen atoms in total. The second kappa shape index (κ2) is 9.57. The van der Waals surface area contributed by atoms with Crippen LogP contribution in [0.2, 0.25) is 0 Å². The lowest BCUT2D eigenvalue weighted by Crippen LogP contribution is -2.38. The van der Waals surface area contributed by atoms with E-state index in [-0.39, 0.29) is 11.3 Å². The predicted molar refractivity (Wildman–Crippen MR) is 131 cm³/mol. The first kappa shape index (κ1) is 23.3. The quantitative estimate of drug-likeness (QED) is 0.620. The summed E-state index contributed by atoms with van der Waals surface area (Å²) >= 11 is 0. The largest absolute Gasteiger partial charge is 0.440 e. The molecule has 1 amide bonds. The van der Waals surface area contributed by atoms with E-state index >= 15 is 0 Å². The Morgan fingerprint density at radius 3 is 2.62 bits per heavy atom. The number of anilines is 2. The summed E-state index contributed by atoms with van der Waals surface area (Å²) in [5.41, 5.74) is 3.30. The lowest BCUT2D eigenvalue weighted by atomic mass is 10.0. The van der Waals surface area contributed by atoms with Gasteiger partial charge in [0.25, 0.3) is 5.91 Å². The van der Waals surface area contributed by atoms with Crippen molar-refractivity contribution in [2.24, 2.45) is 0 Å². The van der Waals surface area contributed by atoms with Crippen LogP contribution in [-0.2, 0) is 4.74 Å². The van der Waals surface area contributed by atoms with E-state index in [1.807, 2.05) is 30.9 Å². The molecule has 0 spiro atoms. The van der Waals surface area contributed by atoms with Crippen LogP contribution in [0.5, 0.6) is 0 Å². The Morgan fingerprint density at radius 1 is 1.21 bits per heavy atom. The Hall–Kier alpha value is -3.83. The highest BCUT2D eigenvalue weighted by atomic mass is 16.5. The molecule has 34 heavy (non-hydrogen) atoms. The van der Waals surface area contributed by atoms with Crippen molar-refractivity contribution in [2.75, 3.05) is 50.6 Å². The van der Waals surface area contributed by atoms with E-state index in [0.29, 0.717) is 59.8 Å². The molecular weight excluding hydrogens is 432 g/mol. The van der Waals surface area contributed by atoms with E-state index in [4.69, 9.17) is 9.15 Å². The molecule has 1 aliphatic rings. The number of nitrogens with one attached hydrogen (secondary N) is 1. The van der Waals surface area contributed by atoms with Gasteiger partial charge in [-0.05, 0) is 49.7 Å². The van der Waals surface area contributed by atoms with Crippen LogP contribution >= 0.6 is 0 Å². The number of ether oxygens (including phenoxy) is 1. The fraction of sp³-hybridized carbons (Fsp3) is 0.346. The number of nitrogens with zero attached hydrogens (tertiary/aromatic N) is 3. The summed E-state index contributed by atoms with van der Waals surface area (Å²) in [6, 6.07) is 12.2. The van der Waals surface area contributed by atoms with Crippen LogP contribution in [0.4, 0.5) is 11.6 Å². The van der Waals surface area contributed by atoms with Crippen molar-refractivity contribution in [3.05, 3.63) is 68.9 Å². The lowest BCUT2D eigenvalue weighted by Gasteiger charge is -2.30. The number of rotatable bonds is 5. The van der Waals surface area contributed by atoms with Gasteiger partial charge in [0.2, 0.25) is 5.88 Å². The van der Waals surface area contributed by atoms with Crippen LogP contribution in [-0.4, -0.2) is 51.2 Å². The number of benzene rings is 2. The van der Waals surface area contributed by atoms with Gasteiger partial charge in [-0.15, -0.1) is 0 Å². The van der Waals surface area contributed by atoms with E-state index in [1.165, 1.54) is 4.90 Å². The summed E-state index contributed by atoms with van der Waals surface area (Å²) in [4.78, 5) is 29.8. The van der Waals surface area contributed by atoms with Gasteiger partial charge in [0.1, 0.15) is 5.58 Å². The molecule has 1 aliphatic heterocycles. The predicted octanol–water partition coefficient (Wildman–Crippen LogP) is 3.68. The van der Waals surface area contributed by atoms with Crippen LogP contribution in [0.25, 0.3) is 11.0 Å². The number of carbonyl (C=O) groups is 1. The molecule has 2 heterocycles. The molecular formula is C26H28N4O4. The number of carbonyl (C=O) groups excluding carboxylic acids is 1. The zero-order valence-corrected chi connectivity index (χ0v) is 19.8. The zero-order valence-electron chi connectivity index (χ0n) is 19.8. The summed E-state index contributed by atoms with van der Waals surface area (Å²) in [6.45, 7) is 6.07. The molecule has 1 aromatic heterocycles. The van der Waals surface area contributed by atoms with Crippen molar-refractivity contribution in [1.82, 2.24) is 4.90 Å². The van der Waals surface area contributed by atoms with Crippen molar-refractivity contribution in [3.8, 4) is 6.07 Å². The zero-order chi connectivity index (χ0) is 24.4. The minimum atomic E-state index is -0.417. The van der Waals surface area contributed by atoms with E-state index in [0.717, 1.165) is 11.3 Å². The smallest absolute Gasteiger partial charge is 0.253 e. The van der Waals surface area contributed by atoms with Gasteiger partial charge in [-0.25, -0.2) is 0 Å². The van der Waals surface area contributed by atoms with Gasteiger partial charge in [-0.2, -0.15) is 5.26 Å². The van der Waals surface area contributed by atoms with Crippen LogP contribution in [0.1, 0.15) is 40.0 Å². The van der Waals surface area contributed by atoms with Crippen LogP contribution < -0.4 is 15.6 Å². The molecule has 0 bridgehead atoms. The van der Waals surface area contributed by atoms with Gasteiger partial charge in [-0.1, -0.05) is 6.07 Å². The number of hydrogen-bond acceptors (Lipinski definition) is 7. The average molecular weight is 461 g/mol. The van der Waals surface area contributed by atoms with Crippen LogP contribution in [0, 0.1) is 18.3 Å². The maximum atomic E-state index is 13.8. The molecule has 0 aliphatic carbocycles. The number of amides is 1. The van der Waals surface area contributed by atoms with E-state index < -0.39 is 6.04 Å². The Morgan fingerprint density at radius 2 is 1.94 bits per heavy atom. The van der Waals surface area contributed by atoms with Gasteiger partial charge in [0, 0.05) is 38.4 Å². The minimum absolute atomic E-state index is 0.185. The maximum absolute atomic E-state index is 13.8. The average Bonchev–Trinajstić information content (AvgIpc) is 2.85. The van der Waals surface area contributed by atoms with Gasteiger partial charge < -0.3 is 24.3 Å². The van der Waals surface area contributed by atoms with Gasteiger partial charge in [0.15, 0.2) is 5.43 Å². The summed E-state index contributed by atoms with van der Waals surface area (Å²) in [7, 11) is 3.34. The molecule has 176 valence electrons. The molecule has 0 radical (unpaired) electrons. The molecule has 0 saturated carbocycles. The maximum Gasteiger partial charge on any atom is 0.253 e. The highest BCUT2D eigenvalue weighted by molar-refractivity contribution is 5.97. The molecule has 1 saturated heterocycles. The molecule has 8 heteroatoms. The van der Waals surface area contributed by atoms with E-state index in [9.17, 15) is 14.9 Å². The van der Waals surface area contributed by atoms with Crippen molar-refractivity contribution in [1.29, 1.82) is 5.26 Å². The Kier molecular flexibility index (Phi) is 6.57. The first-order valence-corrected chi connectivity index (χ1v) is 11.2. The normalized spacial score (nSPS) is 14.5. The summed E-state index contributed by atoms with van der Waals surface area (Å²) in [6.07, 6.45) is 0. The lowest BCUT2D eigenvalue weighted by molar-refractivity contribution is 0.0827. The third-order valence-corrected chi connectivity index (χ3v) is 6.12. The monoisotopic (exact) mass is 460 g/mol. The van der Waals surface area contributed by atoms with Gasteiger partial charge in [0.05, 0.1) is 41.8 Å². The fourth-order valence-corrected chi connectivity index (χ4v) is 4.19. The Bertz CT molecular complexity index is 1330. The molecule has 1 unspecified atom stereocenters. The summed E-state index contributed by atoms with van der Waals surface area (Å²) in [5, 5.41) is 13.1. The number of nitriles is 1. The Labute approximate surface area is 198 Å². The second-order valence-corrected chi connectivity index (χ2v) is 8.62. The summed E-state index contributed by atoms with van der Waals surface area (Å²) in [5.74, 6) is 0.316. The van der Waals surface area contributed by atoms with Crippen LogP contribution in [0.3, 0.4) is 0 Å². The van der Waals surface area contributed by atoms with Crippen molar-refractivity contribution in [3.63, 3.8) is 0 Å². The first-order valence-electron chi connectivity index (χ1n) is 11.2. The molecule has 1 N–H and O–H groups in total. The van der Waals surface area contributed by atoms with Gasteiger partial charge >= 0.3 is 0 Å². The molecule has 3 aromatic rings. The van der Waals surface area contributed by atoms with Crippen LogP contribution in [0.15, 0.2) is 45.6 Å². The number of hydrogen-bond donors (Lipinski definition) is 1. The third kappa shape index (κ3) is 4.35. The number of fused-ring (bicyclic) bond motifs is 1. The van der Waals surface area contributed by atoms with Crippen molar-refractivity contribution < 1.29 is 13.9 Å². The third-order valence-electron chi connectivity index (χ3n) is 6.12. The van der Waals surface area contributed by atoms with Crippen molar-refractivity contribution >= 4 is 28.4 Å². The summed E-state index contributed by atoms with van der Waals surface area (Å²) < 4.78 is 11.8. The molecule has 1 atom stereocenters. The van der Waals surface area contributed by atoms with Crippen molar-refractivity contribution in [2.45, 2.75) is 19.9 Å². The Balaban J connectivity index is 1.86. The minimum Gasteiger partial charge on any atom is -0.440 e. The van der Waals surface area contributed by atoms with E-state index in [2.05, 4.69) is 11.4 Å². The van der Waals surface area contributed by atoms with E-state index in [1.54, 1.807) is 38.4 Å². The second-order valence-electron chi connectivity index (χ2n) is 8.62. The molecule has 4 rings (SSSR count).